The zero-order chi connectivity index (χ0) is 28.5. The smallest absolute Gasteiger partial charge is 0.135 e. The molecule has 0 saturated carbocycles. The van der Waals surface area contributed by atoms with Crippen molar-refractivity contribution in [3.8, 4) is 27.9 Å². The third-order valence-electron chi connectivity index (χ3n) is 8.74. The number of aryl methyl sites for hydroxylation is 1. The molecule has 0 saturated heterocycles. The van der Waals surface area contributed by atoms with E-state index in [-0.39, 0.29) is 0 Å². The summed E-state index contributed by atoms with van der Waals surface area (Å²) in [7, 11) is 0. The van der Waals surface area contributed by atoms with Gasteiger partial charge in [0.1, 0.15) is 17.0 Å². The lowest BCUT2D eigenvalue weighted by Gasteiger charge is -2.20. The molecule has 0 unspecified atom stereocenters. The van der Waals surface area contributed by atoms with Crippen LogP contribution in [-0.4, -0.2) is 9.55 Å². The summed E-state index contributed by atoms with van der Waals surface area (Å²) in [5.74, 6) is 0.972. The monoisotopic (exact) mass is 550 g/mol. The van der Waals surface area contributed by atoms with Gasteiger partial charge >= 0.3 is 0 Å². The molecule has 3 nitrogen and oxygen atoms in total. The van der Waals surface area contributed by atoms with E-state index in [0.717, 1.165) is 44.5 Å². The Balaban J connectivity index is 1.38. The maximum absolute atomic E-state index is 6.18. The Bertz CT molecular complexity index is 2470. The summed E-state index contributed by atoms with van der Waals surface area (Å²) >= 11 is 0. The van der Waals surface area contributed by atoms with Crippen LogP contribution >= 0.6 is 0 Å². The summed E-state index contributed by atoms with van der Waals surface area (Å²) in [6.07, 6.45) is 0. The van der Waals surface area contributed by atoms with Gasteiger partial charge in [0.25, 0.3) is 0 Å². The molecule has 0 aliphatic rings. The van der Waals surface area contributed by atoms with Gasteiger partial charge in [-0.3, -0.25) is 4.57 Å². The fraction of sp³-hybridized carbons (Fsp3) is 0.0250. The van der Waals surface area contributed by atoms with Crippen molar-refractivity contribution in [1.82, 2.24) is 9.55 Å². The van der Waals surface area contributed by atoms with Crippen molar-refractivity contribution in [3.63, 3.8) is 0 Å². The van der Waals surface area contributed by atoms with Crippen LogP contribution in [0, 0.1) is 6.92 Å². The molecule has 43 heavy (non-hydrogen) atoms. The van der Waals surface area contributed by atoms with Crippen LogP contribution in [0.25, 0.3) is 82.5 Å². The summed E-state index contributed by atoms with van der Waals surface area (Å²) < 4.78 is 8.47. The van der Waals surface area contributed by atoms with Gasteiger partial charge in [-0.05, 0) is 81.6 Å². The van der Waals surface area contributed by atoms with E-state index < -0.39 is 0 Å². The van der Waals surface area contributed by atoms with Gasteiger partial charge in [-0.1, -0.05) is 103 Å². The number of benzene rings is 7. The molecule has 2 heterocycles. The van der Waals surface area contributed by atoms with E-state index >= 15 is 0 Å². The van der Waals surface area contributed by atoms with Crippen molar-refractivity contribution in [2.75, 3.05) is 0 Å². The first kappa shape index (κ1) is 24.0. The van der Waals surface area contributed by atoms with Crippen LogP contribution in [0.1, 0.15) is 5.82 Å². The quantitative estimate of drug-likeness (QED) is 0.205. The molecule has 0 fully saturated rings. The highest BCUT2D eigenvalue weighted by molar-refractivity contribution is 6.22. The van der Waals surface area contributed by atoms with E-state index in [0.29, 0.717) is 0 Å². The fourth-order valence-electron chi connectivity index (χ4n) is 6.94. The van der Waals surface area contributed by atoms with Gasteiger partial charge < -0.3 is 4.42 Å². The highest BCUT2D eigenvalue weighted by atomic mass is 16.3. The van der Waals surface area contributed by atoms with Crippen LogP contribution in [-0.2, 0) is 0 Å². The first-order valence-electron chi connectivity index (χ1n) is 14.7. The van der Waals surface area contributed by atoms with Gasteiger partial charge in [-0.15, -0.1) is 0 Å². The minimum Gasteiger partial charge on any atom is -0.456 e. The first-order chi connectivity index (χ1) is 21.3. The molecule has 9 rings (SSSR count). The molecule has 0 radical (unpaired) electrons. The van der Waals surface area contributed by atoms with Gasteiger partial charge in [0, 0.05) is 16.3 Å². The third-order valence-corrected chi connectivity index (χ3v) is 8.74. The van der Waals surface area contributed by atoms with Crippen molar-refractivity contribution in [2.45, 2.75) is 6.92 Å². The van der Waals surface area contributed by atoms with E-state index in [1.165, 1.54) is 43.8 Å². The molecular weight excluding hydrogens is 524 g/mol. The number of para-hydroxylation sites is 4. The molecule has 2 aromatic heterocycles. The first-order valence-corrected chi connectivity index (χ1v) is 14.7. The van der Waals surface area contributed by atoms with Gasteiger partial charge in [0.05, 0.1) is 16.7 Å². The van der Waals surface area contributed by atoms with Crippen molar-refractivity contribution in [3.05, 3.63) is 145 Å². The lowest BCUT2D eigenvalue weighted by Crippen LogP contribution is -2.00. The standard InChI is InChI=1S/C40H26N2O/c1-25-41-34-18-8-10-20-36(34)42(25)35-19-9-6-17-32(35)40-30-15-4-2-13-28(30)39(29-14-3-5-16-31(29)40)26-22-23-38-33(24-26)27-12-7-11-21-37(27)43-38/h2-24H,1H3. The molecule has 9 aromatic rings. The second kappa shape index (κ2) is 9.17. The number of hydrogen-bond acceptors (Lipinski definition) is 2. The van der Waals surface area contributed by atoms with Crippen molar-refractivity contribution < 1.29 is 4.42 Å². The topological polar surface area (TPSA) is 31.0 Å². The fourth-order valence-corrected chi connectivity index (χ4v) is 6.94. The highest BCUT2D eigenvalue weighted by Crippen LogP contribution is 2.46. The molecule has 0 atom stereocenters. The summed E-state index contributed by atoms with van der Waals surface area (Å²) in [6, 6.07) is 49.7. The van der Waals surface area contributed by atoms with Crippen LogP contribution in [0.2, 0.25) is 0 Å². The number of rotatable bonds is 3. The Hall–Kier alpha value is -5.67. The van der Waals surface area contributed by atoms with Crippen molar-refractivity contribution in [1.29, 1.82) is 0 Å². The van der Waals surface area contributed by atoms with Gasteiger partial charge in [0.2, 0.25) is 0 Å². The minimum atomic E-state index is 0.909. The molecule has 7 aromatic carbocycles. The molecule has 0 aliphatic carbocycles. The molecule has 0 spiro atoms. The van der Waals surface area contributed by atoms with E-state index in [1.807, 2.05) is 12.1 Å². The average molecular weight is 551 g/mol. The Morgan fingerprint density at radius 2 is 1.09 bits per heavy atom. The molecule has 202 valence electrons. The Kier molecular flexibility index (Phi) is 5.11. The number of nitrogens with zero attached hydrogens (tertiary/aromatic N) is 2. The van der Waals surface area contributed by atoms with E-state index in [1.54, 1.807) is 0 Å². The maximum Gasteiger partial charge on any atom is 0.135 e. The lowest BCUT2D eigenvalue weighted by molar-refractivity contribution is 0.669. The van der Waals surface area contributed by atoms with Crippen LogP contribution in [0.5, 0.6) is 0 Å². The molecule has 0 aliphatic heterocycles. The largest absolute Gasteiger partial charge is 0.456 e. The highest BCUT2D eigenvalue weighted by Gasteiger charge is 2.21. The molecule has 3 heteroatoms. The van der Waals surface area contributed by atoms with Crippen LogP contribution in [0.15, 0.2) is 144 Å². The lowest BCUT2D eigenvalue weighted by atomic mass is 9.85. The zero-order valence-corrected chi connectivity index (χ0v) is 23.6. The van der Waals surface area contributed by atoms with Crippen molar-refractivity contribution >= 4 is 54.5 Å². The predicted octanol–water partition coefficient (Wildman–Crippen LogP) is 10.9. The molecule has 0 N–H and O–H groups in total. The number of aromatic nitrogens is 2. The summed E-state index contributed by atoms with van der Waals surface area (Å²) in [5, 5.41) is 7.18. The van der Waals surface area contributed by atoms with E-state index in [9.17, 15) is 0 Å². The Morgan fingerprint density at radius 1 is 0.512 bits per heavy atom. The summed E-state index contributed by atoms with van der Waals surface area (Å²) in [6.45, 7) is 2.09. The predicted molar refractivity (Wildman–Crippen MR) is 179 cm³/mol. The third kappa shape index (κ3) is 3.52. The minimum absolute atomic E-state index is 0.909. The maximum atomic E-state index is 6.18. The van der Waals surface area contributed by atoms with Crippen molar-refractivity contribution in [2.24, 2.45) is 0 Å². The molecule has 0 bridgehead atoms. The van der Waals surface area contributed by atoms with Crippen LogP contribution < -0.4 is 0 Å². The van der Waals surface area contributed by atoms with E-state index in [4.69, 9.17) is 9.40 Å². The van der Waals surface area contributed by atoms with Gasteiger partial charge in [-0.25, -0.2) is 4.98 Å². The second-order valence-electron chi connectivity index (χ2n) is 11.2. The molecular formula is C40H26N2O. The number of imidazole rings is 1. The summed E-state index contributed by atoms with van der Waals surface area (Å²) in [5.41, 5.74) is 9.90. The van der Waals surface area contributed by atoms with E-state index in [2.05, 4.69) is 139 Å². The Labute approximate surface area is 248 Å². The number of furan rings is 1. The Morgan fingerprint density at radius 3 is 1.86 bits per heavy atom. The number of fused-ring (bicyclic) bond motifs is 6. The number of hydrogen-bond donors (Lipinski definition) is 0. The summed E-state index contributed by atoms with van der Waals surface area (Å²) in [4.78, 5) is 4.90. The average Bonchev–Trinajstić information content (AvgIpc) is 3.60. The van der Waals surface area contributed by atoms with Crippen LogP contribution in [0.4, 0.5) is 0 Å². The zero-order valence-electron chi connectivity index (χ0n) is 23.6. The second-order valence-corrected chi connectivity index (χ2v) is 11.2. The normalized spacial score (nSPS) is 11.8. The SMILES string of the molecule is Cc1nc2ccccc2n1-c1ccccc1-c1c2ccccc2c(-c2ccc3oc4ccccc4c3c2)c2ccccc12. The molecule has 0 amide bonds. The van der Waals surface area contributed by atoms with Gasteiger partial charge in [-0.2, -0.15) is 0 Å². The van der Waals surface area contributed by atoms with Gasteiger partial charge in [0.15, 0.2) is 0 Å². The van der Waals surface area contributed by atoms with Crippen LogP contribution in [0.3, 0.4) is 0 Å².